The molecular weight excluding hydrogens is 527 g/mol. The highest BCUT2D eigenvalue weighted by molar-refractivity contribution is 7.90. The van der Waals surface area contributed by atoms with Crippen molar-refractivity contribution < 1.29 is 35.9 Å². The van der Waals surface area contributed by atoms with Crippen LogP contribution in [0.1, 0.15) is 52.9 Å². The van der Waals surface area contributed by atoms with E-state index >= 15 is 0 Å². The van der Waals surface area contributed by atoms with Crippen molar-refractivity contribution in [2.45, 2.75) is 56.8 Å². The summed E-state index contributed by atoms with van der Waals surface area (Å²) in [5.74, 6) is -1.23. The van der Waals surface area contributed by atoms with Gasteiger partial charge in [-0.1, -0.05) is 18.9 Å². The van der Waals surface area contributed by atoms with E-state index in [0.29, 0.717) is 37.4 Å². The monoisotopic (exact) mass is 555 g/mol. The number of halogens is 3. The molecule has 5 rings (SSSR count). The highest BCUT2D eigenvalue weighted by Crippen LogP contribution is 2.44. The van der Waals surface area contributed by atoms with Gasteiger partial charge >= 0.3 is 6.18 Å². The summed E-state index contributed by atoms with van der Waals surface area (Å²) in [7, 11) is -2.61. The predicted octanol–water partition coefficient (Wildman–Crippen LogP) is 2.24. The Morgan fingerprint density at radius 2 is 2.08 bits per heavy atom. The van der Waals surface area contributed by atoms with E-state index in [4.69, 9.17) is 4.74 Å². The maximum Gasteiger partial charge on any atom is 0.422 e. The average Bonchev–Trinajstić information content (AvgIpc) is 3.53. The fourth-order valence-electron chi connectivity index (χ4n) is 5.19. The molecule has 2 aromatic rings. The molecule has 1 aromatic heterocycles. The van der Waals surface area contributed by atoms with Gasteiger partial charge in [0.05, 0.1) is 11.2 Å². The summed E-state index contributed by atoms with van der Waals surface area (Å²) >= 11 is 0. The molecular formula is C24H28F3N5O5S. The Balaban J connectivity index is 1.43. The molecule has 1 aliphatic heterocycles. The number of amides is 2. The zero-order valence-electron chi connectivity index (χ0n) is 20.7. The van der Waals surface area contributed by atoms with Gasteiger partial charge in [-0.3, -0.25) is 9.59 Å². The van der Waals surface area contributed by atoms with Gasteiger partial charge in [0.1, 0.15) is 22.9 Å². The molecule has 0 radical (unpaired) electrons. The summed E-state index contributed by atoms with van der Waals surface area (Å²) in [6.07, 6.45) is -0.0469. The number of alkyl halides is 3. The van der Waals surface area contributed by atoms with Crippen LogP contribution in [0.4, 0.5) is 19.0 Å². The third kappa shape index (κ3) is 5.51. The van der Waals surface area contributed by atoms with Crippen LogP contribution in [0.5, 0.6) is 5.75 Å². The molecule has 1 aromatic carbocycles. The minimum absolute atomic E-state index is 0.104. The molecule has 0 unspecified atom stereocenters. The highest BCUT2D eigenvalue weighted by atomic mass is 32.2. The van der Waals surface area contributed by atoms with E-state index < -0.39 is 45.9 Å². The predicted molar refractivity (Wildman–Crippen MR) is 130 cm³/mol. The van der Waals surface area contributed by atoms with Crippen LogP contribution in [0.3, 0.4) is 0 Å². The van der Waals surface area contributed by atoms with Gasteiger partial charge in [-0.05, 0) is 55.5 Å². The first-order valence-electron chi connectivity index (χ1n) is 12.3. The number of sulfonamides is 1. The zero-order valence-corrected chi connectivity index (χ0v) is 21.5. The molecule has 1 fully saturated rings. The van der Waals surface area contributed by atoms with Crippen molar-refractivity contribution in [1.82, 2.24) is 19.8 Å². The number of aromatic nitrogens is 2. The molecule has 2 amide bonds. The second-order valence-corrected chi connectivity index (χ2v) is 12.0. The SMILES string of the molecule is CNS(=O)(=O)CC(=O)Nc1c2c(nn1CCC1CC1)C[C@]1(CCc3cc(OCC(F)(F)F)ccc31)NC2=O. The fraction of sp³-hybridized carbons (Fsp3) is 0.542. The number of benzene rings is 1. The smallest absolute Gasteiger partial charge is 0.422 e. The summed E-state index contributed by atoms with van der Waals surface area (Å²) in [6, 6.07) is 4.70. The number of aryl methyl sites for hydroxylation is 2. The summed E-state index contributed by atoms with van der Waals surface area (Å²) < 4.78 is 69.9. The molecule has 1 spiro atoms. The lowest BCUT2D eigenvalue weighted by Gasteiger charge is -2.35. The maximum absolute atomic E-state index is 13.4. The van der Waals surface area contributed by atoms with Gasteiger partial charge in [-0.25, -0.2) is 17.8 Å². The van der Waals surface area contributed by atoms with E-state index in [1.54, 1.807) is 16.8 Å². The van der Waals surface area contributed by atoms with E-state index in [1.807, 2.05) is 0 Å². The standard InChI is InChI=1S/C24H28F3N5O5S/c1-28-38(35,36)12-19(33)29-21-20-18(31-32(21)9-7-14-2-3-14)11-23(30-22(20)34)8-6-15-10-16(4-5-17(15)23)37-13-24(25,26)27/h4-5,10,14,28H,2-3,6-9,11-13H2,1H3,(H,29,33)(H,30,34)/t23-/m0/s1. The average molecular weight is 556 g/mol. The minimum atomic E-state index is -4.45. The molecule has 0 bridgehead atoms. The quantitative estimate of drug-likeness (QED) is 0.435. The number of hydrogen-bond acceptors (Lipinski definition) is 6. The van der Waals surface area contributed by atoms with Gasteiger partial charge < -0.3 is 15.4 Å². The lowest BCUT2D eigenvalue weighted by molar-refractivity contribution is -0.153. The van der Waals surface area contributed by atoms with Gasteiger partial charge in [-0.15, -0.1) is 0 Å². The van der Waals surface area contributed by atoms with Crippen molar-refractivity contribution in [3.8, 4) is 5.75 Å². The van der Waals surface area contributed by atoms with Gasteiger partial charge in [0.2, 0.25) is 15.9 Å². The third-order valence-electron chi connectivity index (χ3n) is 7.23. The number of fused-ring (bicyclic) bond motifs is 3. The first kappa shape index (κ1) is 26.5. The van der Waals surface area contributed by atoms with Crippen LogP contribution < -0.4 is 20.1 Å². The molecule has 206 valence electrons. The summed E-state index contributed by atoms with van der Waals surface area (Å²) in [5.41, 5.74) is 1.44. The van der Waals surface area contributed by atoms with Gasteiger partial charge in [0.15, 0.2) is 6.61 Å². The topological polar surface area (TPSA) is 131 Å². The number of hydrogen-bond donors (Lipinski definition) is 3. The summed E-state index contributed by atoms with van der Waals surface area (Å²) in [5, 5.41) is 10.3. The van der Waals surface area contributed by atoms with Crippen molar-refractivity contribution in [1.29, 1.82) is 0 Å². The second-order valence-electron chi connectivity index (χ2n) is 10.1. The van der Waals surface area contributed by atoms with Gasteiger partial charge in [-0.2, -0.15) is 18.3 Å². The number of anilines is 1. The Labute approximate surface area is 217 Å². The Morgan fingerprint density at radius 3 is 2.76 bits per heavy atom. The van der Waals surface area contributed by atoms with Crippen LogP contribution in [0, 0.1) is 5.92 Å². The second kappa shape index (κ2) is 9.56. The zero-order chi connectivity index (χ0) is 27.3. The lowest BCUT2D eigenvalue weighted by Crippen LogP contribution is -2.50. The molecule has 14 heteroatoms. The van der Waals surface area contributed by atoms with E-state index in [-0.39, 0.29) is 17.1 Å². The van der Waals surface area contributed by atoms with Crippen molar-refractivity contribution in [3.63, 3.8) is 0 Å². The third-order valence-corrected chi connectivity index (χ3v) is 8.49. The molecule has 38 heavy (non-hydrogen) atoms. The van der Waals surface area contributed by atoms with Crippen molar-refractivity contribution in [3.05, 3.63) is 40.6 Å². The number of nitrogens with zero attached hydrogens (tertiary/aromatic N) is 2. The molecule has 2 heterocycles. The van der Waals surface area contributed by atoms with Crippen LogP contribution in [0.25, 0.3) is 0 Å². The van der Waals surface area contributed by atoms with Crippen molar-refractivity contribution >= 4 is 27.7 Å². The normalized spacial score (nSPS) is 20.7. The Bertz CT molecular complexity index is 1390. The van der Waals surface area contributed by atoms with Crippen LogP contribution in [0.2, 0.25) is 0 Å². The number of carbonyl (C=O) groups is 2. The van der Waals surface area contributed by atoms with Gasteiger partial charge in [0, 0.05) is 13.0 Å². The molecule has 1 atom stereocenters. The lowest BCUT2D eigenvalue weighted by atomic mass is 9.82. The number of ether oxygens (including phenoxy) is 1. The Kier molecular flexibility index (Phi) is 6.66. The van der Waals surface area contributed by atoms with E-state index in [2.05, 4.69) is 20.5 Å². The summed E-state index contributed by atoms with van der Waals surface area (Å²) in [4.78, 5) is 26.0. The Hall–Kier alpha value is -3.13. The fourth-order valence-corrected chi connectivity index (χ4v) is 5.75. The molecule has 2 aliphatic carbocycles. The number of carbonyl (C=O) groups excluding carboxylic acids is 2. The molecule has 10 nitrogen and oxygen atoms in total. The first-order chi connectivity index (χ1) is 17.9. The van der Waals surface area contributed by atoms with Crippen LogP contribution >= 0.6 is 0 Å². The number of nitrogens with one attached hydrogen (secondary N) is 3. The number of rotatable bonds is 9. The molecule has 3 N–H and O–H groups in total. The molecule has 3 aliphatic rings. The van der Waals surface area contributed by atoms with Crippen molar-refractivity contribution in [2.75, 3.05) is 24.7 Å². The van der Waals surface area contributed by atoms with Gasteiger partial charge in [0.25, 0.3) is 5.91 Å². The minimum Gasteiger partial charge on any atom is -0.484 e. The first-order valence-corrected chi connectivity index (χ1v) is 14.0. The van der Waals surface area contributed by atoms with Crippen LogP contribution in [-0.2, 0) is 39.7 Å². The van der Waals surface area contributed by atoms with Crippen molar-refractivity contribution in [2.24, 2.45) is 5.92 Å². The van der Waals surface area contributed by atoms with Crippen LogP contribution in [-0.4, -0.2) is 55.6 Å². The largest absolute Gasteiger partial charge is 0.484 e. The van der Waals surface area contributed by atoms with E-state index in [9.17, 15) is 31.2 Å². The molecule has 0 saturated heterocycles. The maximum atomic E-state index is 13.4. The van der Waals surface area contributed by atoms with E-state index in [0.717, 1.165) is 30.4 Å². The highest BCUT2D eigenvalue weighted by Gasteiger charge is 2.47. The van der Waals surface area contributed by atoms with E-state index in [1.165, 1.54) is 13.1 Å². The Morgan fingerprint density at radius 1 is 1.32 bits per heavy atom. The summed E-state index contributed by atoms with van der Waals surface area (Å²) in [6.45, 7) is -0.928. The molecule has 1 saturated carbocycles. The van der Waals surface area contributed by atoms with Crippen LogP contribution in [0.15, 0.2) is 18.2 Å².